The zero-order chi connectivity index (χ0) is 12.2. The van der Waals surface area contributed by atoms with E-state index in [1.54, 1.807) is 0 Å². The molecule has 88 valence electrons. The molecule has 1 aromatic rings. The van der Waals surface area contributed by atoms with E-state index < -0.39 is 15.7 Å². The van der Waals surface area contributed by atoms with E-state index in [1.807, 2.05) is 0 Å². The molecule has 0 aliphatic carbocycles. The second kappa shape index (κ2) is 5.27. The van der Waals surface area contributed by atoms with Gasteiger partial charge < -0.3 is 4.74 Å². The summed E-state index contributed by atoms with van der Waals surface area (Å²) in [5, 5.41) is 0.803. The van der Waals surface area contributed by atoms with Gasteiger partial charge >= 0.3 is 6.61 Å². The molecule has 3 nitrogen and oxygen atoms in total. The van der Waals surface area contributed by atoms with Gasteiger partial charge in [0.05, 0.1) is 0 Å². The Morgan fingerprint density at radius 2 is 1.81 bits per heavy atom. The summed E-state index contributed by atoms with van der Waals surface area (Å²) in [4.78, 5) is 0. The lowest BCUT2D eigenvalue weighted by Gasteiger charge is -2.03. The number of halogens is 3. The van der Waals surface area contributed by atoms with Crippen LogP contribution < -0.4 is 4.74 Å². The molecule has 0 aliphatic heterocycles. The maximum absolute atomic E-state index is 11.8. The Morgan fingerprint density at radius 3 is 2.25 bits per heavy atom. The van der Waals surface area contributed by atoms with Gasteiger partial charge in [0, 0.05) is 16.1 Å². The van der Waals surface area contributed by atoms with Crippen molar-refractivity contribution in [3.05, 3.63) is 35.2 Å². The van der Waals surface area contributed by atoms with Crippen molar-refractivity contribution in [2.24, 2.45) is 0 Å². The molecular formula is C9H7ClF2O3S. The molecule has 1 rings (SSSR count). The lowest BCUT2D eigenvalue weighted by Crippen LogP contribution is -2.01. The predicted octanol–water partition coefficient (Wildman–Crippen LogP) is 2.83. The number of ether oxygens (including phenoxy) is 1. The normalized spacial score (nSPS) is 12.2. The van der Waals surface area contributed by atoms with Gasteiger partial charge in [-0.15, -0.1) is 0 Å². The maximum Gasteiger partial charge on any atom is 0.387 e. The average molecular weight is 269 g/mol. The number of alkyl halides is 2. The summed E-state index contributed by atoms with van der Waals surface area (Å²) < 4.78 is 48.8. The Hall–Kier alpha value is -1.14. The Bertz CT molecular complexity index is 468. The molecule has 0 bridgehead atoms. The third kappa shape index (κ3) is 5.09. The van der Waals surface area contributed by atoms with Crippen molar-refractivity contribution < 1.29 is 21.9 Å². The Kier molecular flexibility index (Phi) is 4.26. The molecule has 0 N–H and O–H groups in total. The Balaban J connectivity index is 2.76. The maximum atomic E-state index is 11.8. The third-order valence-corrected chi connectivity index (χ3v) is 2.30. The minimum atomic E-state index is -3.71. The summed E-state index contributed by atoms with van der Waals surface area (Å²) in [5.41, 5.74) is 0.505. The second-order valence-corrected chi connectivity index (χ2v) is 5.24. The molecule has 0 atom stereocenters. The molecule has 0 heterocycles. The van der Waals surface area contributed by atoms with Crippen LogP contribution in [-0.4, -0.2) is 15.0 Å². The standard InChI is InChI=1S/C9H7ClF2O3S/c10-16(13,14)6-5-7-1-3-8(4-2-7)15-9(11)12/h1-6,9H. The van der Waals surface area contributed by atoms with Gasteiger partial charge in [-0.2, -0.15) is 8.78 Å². The smallest absolute Gasteiger partial charge is 0.387 e. The highest BCUT2D eigenvalue weighted by Crippen LogP contribution is 2.16. The van der Waals surface area contributed by atoms with Crippen LogP contribution >= 0.6 is 10.7 Å². The number of benzene rings is 1. The summed E-state index contributed by atoms with van der Waals surface area (Å²) >= 11 is 0. The molecule has 16 heavy (non-hydrogen) atoms. The van der Waals surface area contributed by atoms with E-state index in [-0.39, 0.29) is 5.75 Å². The molecule has 0 saturated carbocycles. The van der Waals surface area contributed by atoms with E-state index >= 15 is 0 Å². The van der Waals surface area contributed by atoms with Gasteiger partial charge in [-0.25, -0.2) is 8.42 Å². The van der Waals surface area contributed by atoms with Crippen LogP contribution in [0.2, 0.25) is 0 Å². The summed E-state index contributed by atoms with van der Waals surface area (Å²) in [5.74, 6) is 0.000815. The van der Waals surface area contributed by atoms with E-state index in [0.29, 0.717) is 5.56 Å². The lowest BCUT2D eigenvalue weighted by molar-refractivity contribution is -0.0498. The van der Waals surface area contributed by atoms with Crippen molar-refractivity contribution in [1.29, 1.82) is 0 Å². The molecule has 0 unspecified atom stereocenters. The Morgan fingerprint density at radius 1 is 1.25 bits per heavy atom. The fourth-order valence-electron chi connectivity index (χ4n) is 0.920. The summed E-state index contributed by atoms with van der Waals surface area (Å²) in [6.45, 7) is -2.88. The number of rotatable bonds is 4. The molecule has 0 amide bonds. The first kappa shape index (κ1) is 12.9. The molecule has 7 heteroatoms. The summed E-state index contributed by atoms with van der Waals surface area (Å²) in [7, 11) is 1.23. The van der Waals surface area contributed by atoms with Crippen LogP contribution in [0.15, 0.2) is 29.7 Å². The second-order valence-electron chi connectivity index (χ2n) is 2.73. The predicted molar refractivity (Wildman–Crippen MR) is 56.9 cm³/mol. The van der Waals surface area contributed by atoms with Gasteiger partial charge in [0.1, 0.15) is 5.75 Å². The fourth-order valence-corrected chi connectivity index (χ4v) is 1.39. The fraction of sp³-hybridized carbons (Fsp3) is 0.111. The minimum Gasteiger partial charge on any atom is -0.435 e. The summed E-state index contributed by atoms with van der Waals surface area (Å²) in [6, 6.07) is 5.45. The number of hydrogen-bond acceptors (Lipinski definition) is 3. The first-order valence-corrected chi connectivity index (χ1v) is 6.42. The van der Waals surface area contributed by atoms with E-state index in [1.165, 1.54) is 30.3 Å². The molecule has 0 spiro atoms. The zero-order valence-electron chi connectivity index (χ0n) is 7.81. The van der Waals surface area contributed by atoms with Crippen molar-refractivity contribution in [3.63, 3.8) is 0 Å². The molecule has 0 aliphatic rings. The van der Waals surface area contributed by atoms with Crippen LogP contribution in [0, 0.1) is 0 Å². The van der Waals surface area contributed by atoms with Crippen molar-refractivity contribution in [1.82, 2.24) is 0 Å². The molecule has 0 fully saturated rings. The van der Waals surface area contributed by atoms with Gasteiger partial charge in [0.2, 0.25) is 0 Å². The Labute approximate surface area is 95.7 Å². The molecule has 0 saturated heterocycles. The van der Waals surface area contributed by atoms with Gasteiger partial charge in [-0.1, -0.05) is 12.1 Å². The van der Waals surface area contributed by atoms with Crippen molar-refractivity contribution in [2.75, 3.05) is 0 Å². The van der Waals surface area contributed by atoms with Gasteiger partial charge in [-0.05, 0) is 23.8 Å². The quantitative estimate of drug-likeness (QED) is 0.789. The van der Waals surface area contributed by atoms with Crippen molar-refractivity contribution in [2.45, 2.75) is 6.61 Å². The zero-order valence-corrected chi connectivity index (χ0v) is 9.38. The average Bonchev–Trinajstić information content (AvgIpc) is 2.14. The highest BCUT2D eigenvalue weighted by Gasteiger charge is 2.03. The van der Waals surface area contributed by atoms with Crippen LogP contribution in [0.4, 0.5) is 8.78 Å². The molecular weight excluding hydrogens is 262 g/mol. The molecule has 1 aromatic carbocycles. The van der Waals surface area contributed by atoms with Gasteiger partial charge in [0.15, 0.2) is 0 Å². The van der Waals surface area contributed by atoms with E-state index in [0.717, 1.165) is 5.41 Å². The monoisotopic (exact) mass is 268 g/mol. The highest BCUT2D eigenvalue weighted by molar-refractivity contribution is 8.16. The van der Waals surface area contributed by atoms with Gasteiger partial charge in [-0.3, -0.25) is 0 Å². The largest absolute Gasteiger partial charge is 0.435 e. The van der Waals surface area contributed by atoms with E-state index in [2.05, 4.69) is 4.74 Å². The van der Waals surface area contributed by atoms with Gasteiger partial charge in [0.25, 0.3) is 9.05 Å². The lowest BCUT2D eigenvalue weighted by atomic mass is 10.2. The van der Waals surface area contributed by atoms with Crippen LogP contribution in [0.25, 0.3) is 6.08 Å². The van der Waals surface area contributed by atoms with Crippen LogP contribution in [0.5, 0.6) is 5.75 Å². The van der Waals surface area contributed by atoms with Crippen molar-refractivity contribution in [3.8, 4) is 5.75 Å². The van der Waals surface area contributed by atoms with E-state index in [9.17, 15) is 17.2 Å². The first-order chi connectivity index (χ1) is 7.37. The first-order valence-electron chi connectivity index (χ1n) is 4.04. The topological polar surface area (TPSA) is 43.4 Å². The highest BCUT2D eigenvalue weighted by atomic mass is 35.7. The molecule has 0 radical (unpaired) electrons. The van der Waals surface area contributed by atoms with Crippen molar-refractivity contribution >= 4 is 25.8 Å². The third-order valence-electron chi connectivity index (χ3n) is 1.53. The van der Waals surface area contributed by atoms with Crippen LogP contribution in [-0.2, 0) is 9.05 Å². The van der Waals surface area contributed by atoms with E-state index in [4.69, 9.17) is 10.7 Å². The summed E-state index contributed by atoms with van der Waals surface area (Å²) in [6.07, 6.45) is 1.24. The minimum absolute atomic E-state index is 0.000815. The SMILES string of the molecule is O=S(=O)(Cl)C=Cc1ccc(OC(F)F)cc1. The van der Waals surface area contributed by atoms with Crippen LogP contribution in [0.3, 0.4) is 0 Å². The van der Waals surface area contributed by atoms with Crippen LogP contribution in [0.1, 0.15) is 5.56 Å². The number of hydrogen-bond donors (Lipinski definition) is 0. The molecule has 0 aromatic heterocycles.